The molecule has 0 saturated heterocycles. The Morgan fingerprint density at radius 2 is 1.88 bits per heavy atom. The van der Waals surface area contributed by atoms with Gasteiger partial charge in [-0.3, -0.25) is 14.4 Å². The number of carbonyl (C=O) groups excluding carboxylic acids is 3. The van der Waals surface area contributed by atoms with Gasteiger partial charge in [-0.25, -0.2) is 0 Å². The van der Waals surface area contributed by atoms with Crippen LogP contribution in [0.25, 0.3) is 0 Å². The minimum atomic E-state index is -1.34. The van der Waals surface area contributed by atoms with Gasteiger partial charge in [-0.05, 0) is 55.3 Å². The largest absolute Gasteiger partial charge is 0.381 e. The molecule has 0 aromatic carbocycles. The molecule has 0 heterocycles. The molecule has 4 aliphatic rings. The van der Waals surface area contributed by atoms with Crippen LogP contribution in [0.1, 0.15) is 78.6 Å². The summed E-state index contributed by atoms with van der Waals surface area (Å²) < 4.78 is 0. The Hall–Kier alpha value is -1.03. The van der Waals surface area contributed by atoms with Crippen molar-refractivity contribution in [1.29, 1.82) is 0 Å². The van der Waals surface area contributed by atoms with Crippen LogP contribution in [-0.2, 0) is 14.4 Å². The lowest BCUT2D eigenvalue weighted by Gasteiger charge is -2.59. The van der Waals surface area contributed by atoms with Gasteiger partial charge in [0.15, 0.2) is 5.78 Å². The highest BCUT2D eigenvalue weighted by atomic mass is 16.3. The Labute approximate surface area is 156 Å². The maximum Gasteiger partial charge on any atom is 0.164 e. The third-order valence-corrected chi connectivity index (χ3v) is 9.10. The first kappa shape index (κ1) is 18.3. The van der Waals surface area contributed by atoms with Crippen molar-refractivity contribution >= 4 is 17.3 Å². The highest BCUT2D eigenvalue weighted by Gasteiger charge is 2.68. The molecule has 0 aliphatic heterocycles. The Morgan fingerprint density at radius 3 is 2.58 bits per heavy atom. The van der Waals surface area contributed by atoms with E-state index in [0.29, 0.717) is 43.8 Å². The van der Waals surface area contributed by atoms with Crippen molar-refractivity contribution < 1.29 is 19.5 Å². The molecule has 4 aliphatic carbocycles. The molecule has 0 aromatic heterocycles. The van der Waals surface area contributed by atoms with Crippen molar-refractivity contribution in [2.24, 2.45) is 34.5 Å². The average Bonchev–Trinajstić information content (AvgIpc) is 2.86. The van der Waals surface area contributed by atoms with Gasteiger partial charge >= 0.3 is 0 Å². The van der Waals surface area contributed by atoms with E-state index in [1.165, 1.54) is 0 Å². The predicted octanol–water partition coefficient (Wildman–Crippen LogP) is 3.49. The maximum atomic E-state index is 13.4. The van der Waals surface area contributed by atoms with Gasteiger partial charge in [0.2, 0.25) is 0 Å². The van der Waals surface area contributed by atoms with Crippen LogP contribution in [0.5, 0.6) is 0 Å². The lowest BCUT2D eigenvalue weighted by Crippen LogP contribution is -2.61. The highest BCUT2D eigenvalue weighted by Crippen LogP contribution is 2.67. The Balaban J connectivity index is 1.71. The second kappa shape index (κ2) is 5.73. The van der Waals surface area contributed by atoms with Crippen LogP contribution in [0.4, 0.5) is 0 Å². The molecule has 0 amide bonds. The number of ketones is 3. The smallest absolute Gasteiger partial charge is 0.164 e. The summed E-state index contributed by atoms with van der Waals surface area (Å²) in [7, 11) is 0. The van der Waals surface area contributed by atoms with E-state index in [9.17, 15) is 19.5 Å². The van der Waals surface area contributed by atoms with Gasteiger partial charge in [-0.1, -0.05) is 20.8 Å². The van der Waals surface area contributed by atoms with Gasteiger partial charge in [0.25, 0.3) is 0 Å². The van der Waals surface area contributed by atoms with Crippen LogP contribution in [0.3, 0.4) is 0 Å². The predicted molar refractivity (Wildman–Crippen MR) is 97.4 cm³/mol. The lowest BCUT2D eigenvalue weighted by molar-refractivity contribution is -0.177. The molecule has 4 nitrogen and oxygen atoms in total. The summed E-state index contributed by atoms with van der Waals surface area (Å²) >= 11 is 0. The van der Waals surface area contributed by atoms with Gasteiger partial charge in [0.05, 0.1) is 0 Å². The van der Waals surface area contributed by atoms with Crippen LogP contribution in [0.15, 0.2) is 0 Å². The molecular weight excluding hydrogens is 328 g/mol. The molecule has 0 radical (unpaired) electrons. The van der Waals surface area contributed by atoms with E-state index in [-0.39, 0.29) is 34.7 Å². The molecule has 144 valence electrons. The van der Waals surface area contributed by atoms with E-state index in [0.717, 1.165) is 25.7 Å². The fourth-order valence-corrected chi connectivity index (χ4v) is 7.61. The summed E-state index contributed by atoms with van der Waals surface area (Å²) in [6.07, 6.45) is 6.00. The molecule has 1 N–H and O–H groups in total. The molecule has 4 rings (SSSR count). The minimum Gasteiger partial charge on any atom is -0.381 e. The molecule has 4 fully saturated rings. The first-order valence-corrected chi connectivity index (χ1v) is 10.5. The second-order valence-electron chi connectivity index (χ2n) is 10.0. The maximum absolute atomic E-state index is 13.4. The fraction of sp³-hybridized carbons (Fsp3) is 0.864. The number of rotatable bonds is 2. The molecule has 26 heavy (non-hydrogen) atoms. The average molecular weight is 360 g/mol. The lowest BCUT2D eigenvalue weighted by atomic mass is 9.44. The molecule has 4 saturated carbocycles. The van der Waals surface area contributed by atoms with E-state index >= 15 is 0 Å². The van der Waals surface area contributed by atoms with Crippen molar-refractivity contribution in [2.45, 2.75) is 84.2 Å². The molecule has 1 unspecified atom stereocenters. The Morgan fingerprint density at radius 1 is 1.15 bits per heavy atom. The number of Topliss-reactive ketones (excluding diaryl/α,β-unsaturated/α-hetero) is 3. The van der Waals surface area contributed by atoms with Gasteiger partial charge in [0.1, 0.15) is 17.2 Å². The zero-order valence-electron chi connectivity index (χ0n) is 16.3. The third-order valence-electron chi connectivity index (χ3n) is 9.10. The third kappa shape index (κ3) is 2.14. The van der Waals surface area contributed by atoms with Crippen LogP contribution >= 0.6 is 0 Å². The minimum absolute atomic E-state index is 0.00602. The topological polar surface area (TPSA) is 71.4 Å². The number of hydrogen-bond acceptors (Lipinski definition) is 4. The fourth-order valence-electron chi connectivity index (χ4n) is 7.61. The van der Waals surface area contributed by atoms with E-state index in [4.69, 9.17) is 0 Å². The highest BCUT2D eigenvalue weighted by molar-refractivity contribution is 5.91. The van der Waals surface area contributed by atoms with Crippen LogP contribution < -0.4 is 0 Å². The number of fused-ring (bicyclic) bond motifs is 5. The number of hydrogen-bond donors (Lipinski definition) is 1. The van der Waals surface area contributed by atoms with Gasteiger partial charge in [-0.2, -0.15) is 0 Å². The summed E-state index contributed by atoms with van der Waals surface area (Å²) in [4.78, 5) is 38.0. The van der Waals surface area contributed by atoms with Crippen LogP contribution in [0.2, 0.25) is 0 Å². The summed E-state index contributed by atoms with van der Waals surface area (Å²) in [5.74, 6) is 1.32. The molecule has 4 heteroatoms. The van der Waals surface area contributed by atoms with Crippen LogP contribution in [0, 0.1) is 34.5 Å². The van der Waals surface area contributed by atoms with Crippen molar-refractivity contribution in [3.8, 4) is 0 Å². The zero-order valence-corrected chi connectivity index (χ0v) is 16.3. The van der Waals surface area contributed by atoms with Crippen molar-refractivity contribution in [2.75, 3.05) is 0 Å². The van der Waals surface area contributed by atoms with E-state index in [1.807, 2.05) is 6.92 Å². The number of carbonyl (C=O) groups is 3. The normalized spacial score (nSPS) is 50.8. The zero-order chi connectivity index (χ0) is 18.9. The standard InChI is InChI=1S/C22H32O4/c1-4-18(25)22(26)10-8-16-15-6-5-13-11-14(23)7-9-20(13,2)19(15)17(24)12-21(16,22)3/h13,15-16,19,26H,4-12H2,1-3H3/t13?,15-,16-,19+,20-,21-,22-/m0/s1. The first-order chi connectivity index (χ1) is 12.2. The van der Waals surface area contributed by atoms with Gasteiger partial charge in [-0.15, -0.1) is 0 Å². The van der Waals surface area contributed by atoms with Crippen molar-refractivity contribution in [1.82, 2.24) is 0 Å². The van der Waals surface area contributed by atoms with E-state index in [2.05, 4.69) is 6.92 Å². The van der Waals surface area contributed by atoms with E-state index < -0.39 is 11.0 Å². The van der Waals surface area contributed by atoms with Gasteiger partial charge < -0.3 is 5.11 Å². The van der Waals surface area contributed by atoms with E-state index in [1.54, 1.807) is 6.92 Å². The molecule has 0 aromatic rings. The molecule has 7 atom stereocenters. The van der Waals surface area contributed by atoms with Crippen LogP contribution in [-0.4, -0.2) is 28.1 Å². The van der Waals surface area contributed by atoms with Crippen molar-refractivity contribution in [3.63, 3.8) is 0 Å². The van der Waals surface area contributed by atoms with Crippen molar-refractivity contribution in [3.05, 3.63) is 0 Å². The second-order valence-corrected chi connectivity index (χ2v) is 10.0. The summed E-state index contributed by atoms with van der Waals surface area (Å²) in [5.41, 5.74) is -2.04. The molecule has 0 bridgehead atoms. The Kier molecular flexibility index (Phi) is 4.04. The number of aliphatic hydroxyl groups is 1. The summed E-state index contributed by atoms with van der Waals surface area (Å²) in [6, 6.07) is 0. The molecular formula is C22H32O4. The Bertz CT molecular complexity index is 669. The summed E-state index contributed by atoms with van der Waals surface area (Å²) in [6.45, 7) is 6.03. The van der Waals surface area contributed by atoms with Gasteiger partial charge in [0, 0.05) is 37.0 Å². The quantitative estimate of drug-likeness (QED) is 0.818. The first-order valence-electron chi connectivity index (χ1n) is 10.5. The summed E-state index contributed by atoms with van der Waals surface area (Å²) in [5, 5.41) is 11.3. The SMILES string of the molecule is CCC(=O)[C@@]1(O)CC[C@H]2[C@@H]3CCC4CC(=O)CC[C@]4(C)[C@H]3C(=O)C[C@@]21C. The monoisotopic (exact) mass is 360 g/mol. The molecule has 0 spiro atoms.